The van der Waals surface area contributed by atoms with Gasteiger partial charge in [0.2, 0.25) is 0 Å². The van der Waals surface area contributed by atoms with Crippen molar-refractivity contribution in [1.82, 2.24) is 14.5 Å². The molecule has 0 saturated carbocycles. The summed E-state index contributed by atoms with van der Waals surface area (Å²) in [5, 5.41) is 34.5. The number of anilines is 1. The van der Waals surface area contributed by atoms with Gasteiger partial charge in [0.1, 0.15) is 35.6 Å². The lowest BCUT2D eigenvalue weighted by molar-refractivity contribution is -0.0948. The van der Waals surface area contributed by atoms with Gasteiger partial charge in [0.15, 0.2) is 6.23 Å². The van der Waals surface area contributed by atoms with Crippen molar-refractivity contribution < 1.29 is 20.1 Å². The summed E-state index contributed by atoms with van der Waals surface area (Å²) in [6.07, 6.45) is 2.39. The van der Waals surface area contributed by atoms with E-state index in [-0.39, 0.29) is 6.61 Å². The average molecular weight is 320 g/mol. The SMILES string of the molecule is C[C@@]1(O)[C@H](O)[C@@H](CO)O[C@H]1n1cc2c3c(ncnc31)NCCC2. The molecule has 2 aromatic rings. The van der Waals surface area contributed by atoms with Gasteiger partial charge in [0.05, 0.1) is 12.0 Å². The predicted molar refractivity (Wildman–Crippen MR) is 82.0 cm³/mol. The van der Waals surface area contributed by atoms with Gasteiger partial charge in [-0.15, -0.1) is 0 Å². The molecule has 0 bridgehead atoms. The highest BCUT2D eigenvalue weighted by molar-refractivity contribution is 5.91. The van der Waals surface area contributed by atoms with Gasteiger partial charge in [-0.05, 0) is 25.3 Å². The van der Waals surface area contributed by atoms with Crippen LogP contribution >= 0.6 is 0 Å². The van der Waals surface area contributed by atoms with Crippen LogP contribution in [0.3, 0.4) is 0 Å². The van der Waals surface area contributed by atoms with E-state index in [1.165, 1.54) is 13.3 Å². The zero-order valence-electron chi connectivity index (χ0n) is 12.8. The number of hydrogen-bond acceptors (Lipinski definition) is 7. The number of rotatable bonds is 2. The van der Waals surface area contributed by atoms with E-state index >= 15 is 0 Å². The molecule has 0 aromatic carbocycles. The van der Waals surface area contributed by atoms with Crippen molar-refractivity contribution in [2.45, 2.75) is 43.8 Å². The molecule has 0 amide bonds. The Kier molecular flexibility index (Phi) is 3.31. The van der Waals surface area contributed by atoms with E-state index in [1.54, 1.807) is 4.57 Å². The number of ether oxygens (including phenoxy) is 1. The maximum absolute atomic E-state index is 10.7. The molecule has 0 radical (unpaired) electrons. The molecule has 4 N–H and O–H groups in total. The van der Waals surface area contributed by atoms with Gasteiger partial charge in [-0.2, -0.15) is 0 Å². The summed E-state index contributed by atoms with van der Waals surface area (Å²) in [6.45, 7) is 2.00. The molecule has 0 spiro atoms. The summed E-state index contributed by atoms with van der Waals surface area (Å²) in [7, 11) is 0. The summed E-state index contributed by atoms with van der Waals surface area (Å²) in [5.41, 5.74) is 0.205. The van der Waals surface area contributed by atoms with E-state index < -0.39 is 24.0 Å². The molecule has 4 heterocycles. The van der Waals surface area contributed by atoms with E-state index in [2.05, 4.69) is 15.3 Å². The first-order valence-corrected chi connectivity index (χ1v) is 7.79. The van der Waals surface area contributed by atoms with Crippen LogP contribution in [0.15, 0.2) is 12.5 Å². The Hall–Kier alpha value is -1.74. The lowest BCUT2D eigenvalue weighted by Gasteiger charge is -2.27. The van der Waals surface area contributed by atoms with Crippen LogP contribution in [0, 0.1) is 0 Å². The lowest BCUT2D eigenvalue weighted by atomic mass is 9.96. The highest BCUT2D eigenvalue weighted by atomic mass is 16.6. The minimum Gasteiger partial charge on any atom is -0.394 e. The smallest absolute Gasteiger partial charge is 0.167 e. The van der Waals surface area contributed by atoms with Crippen molar-refractivity contribution in [3.8, 4) is 0 Å². The van der Waals surface area contributed by atoms with Crippen molar-refractivity contribution in [1.29, 1.82) is 0 Å². The number of hydrogen-bond donors (Lipinski definition) is 4. The predicted octanol–water partition coefficient (Wildman–Crippen LogP) is -0.209. The van der Waals surface area contributed by atoms with Crippen LogP contribution in [0.1, 0.15) is 25.1 Å². The van der Waals surface area contributed by atoms with Crippen molar-refractivity contribution in [3.05, 3.63) is 18.1 Å². The Morgan fingerprint density at radius 2 is 2.30 bits per heavy atom. The first kappa shape index (κ1) is 14.8. The Labute approximate surface area is 132 Å². The molecule has 1 fully saturated rings. The van der Waals surface area contributed by atoms with Crippen molar-refractivity contribution in [2.24, 2.45) is 0 Å². The van der Waals surface area contributed by atoms with E-state index in [1.807, 2.05) is 6.20 Å². The molecule has 4 rings (SSSR count). The second-order valence-electron chi connectivity index (χ2n) is 6.39. The van der Waals surface area contributed by atoms with E-state index in [9.17, 15) is 15.3 Å². The van der Waals surface area contributed by atoms with Crippen molar-refractivity contribution in [2.75, 3.05) is 18.5 Å². The zero-order chi connectivity index (χ0) is 16.2. The maximum Gasteiger partial charge on any atom is 0.167 e. The lowest BCUT2D eigenvalue weighted by Crippen LogP contribution is -2.44. The number of aromatic nitrogens is 3. The summed E-state index contributed by atoms with van der Waals surface area (Å²) < 4.78 is 7.45. The minimum absolute atomic E-state index is 0.359. The van der Waals surface area contributed by atoms with Gasteiger partial charge in [0.25, 0.3) is 0 Å². The Balaban J connectivity index is 1.87. The molecular formula is C15H20N4O4. The number of aliphatic hydroxyl groups is 3. The van der Waals surface area contributed by atoms with Crippen LogP contribution in [0.5, 0.6) is 0 Å². The maximum atomic E-state index is 10.7. The molecule has 2 aromatic heterocycles. The molecular weight excluding hydrogens is 300 g/mol. The van der Waals surface area contributed by atoms with Crippen LogP contribution < -0.4 is 5.32 Å². The average Bonchev–Trinajstić information content (AvgIpc) is 2.90. The number of aryl methyl sites for hydroxylation is 1. The summed E-state index contributed by atoms with van der Waals surface area (Å²) in [5.74, 6) is 0.776. The van der Waals surface area contributed by atoms with Crippen LogP contribution in [0.25, 0.3) is 11.0 Å². The highest BCUT2D eigenvalue weighted by Gasteiger charge is 2.53. The first-order chi connectivity index (χ1) is 11.0. The van der Waals surface area contributed by atoms with Crippen molar-refractivity contribution >= 4 is 16.9 Å². The molecule has 124 valence electrons. The monoisotopic (exact) mass is 320 g/mol. The minimum atomic E-state index is -1.53. The topological polar surface area (TPSA) is 113 Å². The van der Waals surface area contributed by atoms with Crippen LogP contribution in [0.4, 0.5) is 5.82 Å². The van der Waals surface area contributed by atoms with Crippen LogP contribution in [-0.2, 0) is 11.2 Å². The summed E-state index contributed by atoms with van der Waals surface area (Å²) in [6, 6.07) is 0. The third-order valence-corrected chi connectivity index (χ3v) is 4.79. The third-order valence-electron chi connectivity index (χ3n) is 4.79. The van der Waals surface area contributed by atoms with Gasteiger partial charge < -0.3 is 29.9 Å². The van der Waals surface area contributed by atoms with Crippen LogP contribution in [-0.4, -0.2) is 60.8 Å². The van der Waals surface area contributed by atoms with E-state index in [0.717, 1.165) is 36.2 Å². The first-order valence-electron chi connectivity index (χ1n) is 7.79. The van der Waals surface area contributed by atoms with Gasteiger partial charge in [0, 0.05) is 12.7 Å². The fourth-order valence-corrected chi connectivity index (χ4v) is 3.54. The molecule has 4 atom stereocenters. The highest BCUT2D eigenvalue weighted by Crippen LogP contribution is 2.41. The molecule has 0 unspecified atom stereocenters. The van der Waals surface area contributed by atoms with Gasteiger partial charge >= 0.3 is 0 Å². The van der Waals surface area contributed by atoms with Crippen molar-refractivity contribution in [3.63, 3.8) is 0 Å². The third kappa shape index (κ3) is 2.06. The van der Waals surface area contributed by atoms with E-state index in [4.69, 9.17) is 4.74 Å². The Morgan fingerprint density at radius 3 is 3.04 bits per heavy atom. The number of nitrogens with zero attached hydrogens (tertiary/aromatic N) is 3. The Bertz CT molecular complexity index is 744. The van der Waals surface area contributed by atoms with Crippen LogP contribution in [0.2, 0.25) is 0 Å². The largest absolute Gasteiger partial charge is 0.394 e. The molecule has 0 aliphatic carbocycles. The summed E-state index contributed by atoms with van der Waals surface area (Å²) in [4.78, 5) is 8.64. The molecule has 8 heteroatoms. The fourth-order valence-electron chi connectivity index (χ4n) is 3.54. The molecule has 2 aliphatic heterocycles. The molecule has 8 nitrogen and oxygen atoms in total. The molecule has 23 heavy (non-hydrogen) atoms. The fraction of sp³-hybridized carbons (Fsp3) is 0.600. The zero-order valence-corrected chi connectivity index (χ0v) is 12.8. The molecule has 2 aliphatic rings. The standard InChI is InChI=1S/C15H20N4O4/c1-15(22)11(21)9(6-20)23-14(15)19-5-8-3-2-4-16-12-10(8)13(19)18-7-17-12/h5,7,9,11,14,20-22H,2-4,6H2,1H3,(H,16,17,18)/t9-,11-,14-,15-/m1/s1. The normalized spacial score (nSPS) is 33.7. The number of aliphatic hydroxyl groups excluding tert-OH is 2. The van der Waals surface area contributed by atoms with E-state index in [0.29, 0.717) is 5.65 Å². The second kappa shape index (κ2) is 5.13. The van der Waals surface area contributed by atoms with Gasteiger partial charge in [-0.3, -0.25) is 0 Å². The second-order valence-corrected chi connectivity index (χ2v) is 6.39. The molecule has 1 saturated heterocycles. The van der Waals surface area contributed by atoms with Gasteiger partial charge in [-0.25, -0.2) is 9.97 Å². The summed E-state index contributed by atoms with van der Waals surface area (Å²) >= 11 is 0. The number of nitrogens with one attached hydrogen (secondary N) is 1. The Morgan fingerprint density at radius 1 is 1.48 bits per heavy atom. The van der Waals surface area contributed by atoms with Gasteiger partial charge in [-0.1, -0.05) is 0 Å². The quantitative estimate of drug-likeness (QED) is 0.605.